The predicted molar refractivity (Wildman–Crippen MR) is 130 cm³/mol. The van der Waals surface area contributed by atoms with Gasteiger partial charge in [0.1, 0.15) is 12.4 Å². The van der Waals surface area contributed by atoms with Gasteiger partial charge >= 0.3 is 0 Å². The molecule has 1 heterocycles. The second-order valence-corrected chi connectivity index (χ2v) is 8.47. The Labute approximate surface area is 199 Å². The molecule has 34 heavy (non-hydrogen) atoms. The maximum atomic E-state index is 12.9. The molecule has 0 radical (unpaired) electrons. The number of para-hydroxylation sites is 1. The Morgan fingerprint density at radius 1 is 0.941 bits per heavy atom. The summed E-state index contributed by atoms with van der Waals surface area (Å²) >= 11 is 0. The number of amides is 2. The normalized spacial score (nSPS) is 13.8. The Morgan fingerprint density at radius 2 is 1.74 bits per heavy atom. The average Bonchev–Trinajstić information content (AvgIpc) is 2.88. The van der Waals surface area contributed by atoms with Crippen molar-refractivity contribution in [1.82, 2.24) is 4.98 Å². The van der Waals surface area contributed by atoms with E-state index in [1.165, 1.54) is 32.1 Å². The zero-order valence-electron chi connectivity index (χ0n) is 19.0. The molecular weight excluding hydrogens is 430 g/mol. The van der Waals surface area contributed by atoms with E-state index in [-0.39, 0.29) is 12.5 Å². The Morgan fingerprint density at radius 3 is 2.56 bits per heavy atom. The van der Waals surface area contributed by atoms with Crippen molar-refractivity contribution in [3.05, 3.63) is 83.6 Å². The number of carbonyl (C=O) groups excluding carboxylic acids is 2. The number of carbonyl (C=O) groups is 2. The van der Waals surface area contributed by atoms with Gasteiger partial charge in [-0.15, -0.1) is 0 Å². The van der Waals surface area contributed by atoms with Crippen LogP contribution in [0.1, 0.15) is 58.4 Å². The number of hydrogen-bond donors (Lipinski definition) is 2. The molecule has 3 N–H and O–H groups in total. The first kappa shape index (κ1) is 23.3. The van der Waals surface area contributed by atoms with Gasteiger partial charge in [-0.3, -0.25) is 9.59 Å². The molecule has 2 aromatic carbocycles. The topological polar surface area (TPSA) is 104 Å². The summed E-state index contributed by atoms with van der Waals surface area (Å²) in [5.41, 5.74) is 6.97. The lowest BCUT2D eigenvalue weighted by Crippen LogP contribution is -2.18. The van der Waals surface area contributed by atoms with Crippen molar-refractivity contribution >= 4 is 17.6 Å². The van der Waals surface area contributed by atoms with Gasteiger partial charge in [0.15, 0.2) is 11.6 Å². The van der Waals surface area contributed by atoms with E-state index >= 15 is 0 Å². The zero-order valence-corrected chi connectivity index (χ0v) is 19.0. The first-order chi connectivity index (χ1) is 16.6. The highest BCUT2D eigenvalue weighted by Crippen LogP contribution is 2.27. The lowest BCUT2D eigenvalue weighted by molar-refractivity contribution is 0.0994. The summed E-state index contributed by atoms with van der Waals surface area (Å²) < 4.78 is 11.8. The van der Waals surface area contributed by atoms with Crippen molar-refractivity contribution in [1.29, 1.82) is 0 Å². The van der Waals surface area contributed by atoms with Gasteiger partial charge in [-0.25, -0.2) is 4.98 Å². The van der Waals surface area contributed by atoms with Crippen LogP contribution in [0.2, 0.25) is 0 Å². The maximum Gasteiger partial charge on any atom is 0.256 e. The van der Waals surface area contributed by atoms with E-state index in [1.54, 1.807) is 54.7 Å². The minimum Gasteiger partial charge on any atom is -0.489 e. The lowest BCUT2D eigenvalue weighted by atomic mass is 9.90. The minimum absolute atomic E-state index is 0.185. The average molecular weight is 460 g/mol. The molecule has 0 aliphatic heterocycles. The number of ether oxygens (including phenoxy) is 2. The Balaban J connectivity index is 1.40. The van der Waals surface area contributed by atoms with Crippen molar-refractivity contribution < 1.29 is 19.1 Å². The number of primary amides is 1. The summed E-state index contributed by atoms with van der Waals surface area (Å²) in [5.74, 6) is 1.08. The van der Waals surface area contributed by atoms with Crippen molar-refractivity contribution in [2.75, 3.05) is 11.9 Å². The predicted octanol–water partition coefficient (Wildman–Crippen LogP) is 4.97. The fourth-order valence-corrected chi connectivity index (χ4v) is 4.10. The number of nitrogens with zero attached hydrogens (tertiary/aromatic N) is 1. The van der Waals surface area contributed by atoms with Crippen molar-refractivity contribution in [3.63, 3.8) is 0 Å². The largest absolute Gasteiger partial charge is 0.489 e. The lowest BCUT2D eigenvalue weighted by Gasteiger charge is -2.22. The van der Waals surface area contributed by atoms with Crippen LogP contribution in [0, 0.1) is 5.92 Å². The van der Waals surface area contributed by atoms with E-state index in [2.05, 4.69) is 10.3 Å². The molecule has 1 saturated carbocycles. The van der Waals surface area contributed by atoms with Crippen molar-refractivity contribution in [3.8, 4) is 11.5 Å². The molecule has 1 fully saturated rings. The van der Waals surface area contributed by atoms with Gasteiger partial charge in [0.25, 0.3) is 11.8 Å². The van der Waals surface area contributed by atoms with Gasteiger partial charge in [0, 0.05) is 11.8 Å². The molecule has 0 bridgehead atoms. The first-order valence-electron chi connectivity index (χ1n) is 11.6. The number of anilines is 1. The van der Waals surface area contributed by atoms with Crippen LogP contribution < -0.4 is 20.5 Å². The summed E-state index contributed by atoms with van der Waals surface area (Å²) in [5, 5.41) is 2.86. The molecule has 0 saturated heterocycles. The van der Waals surface area contributed by atoms with Crippen molar-refractivity contribution in [2.45, 2.75) is 38.7 Å². The third-order valence-electron chi connectivity index (χ3n) is 5.94. The van der Waals surface area contributed by atoms with E-state index in [4.69, 9.17) is 15.2 Å². The highest BCUT2D eigenvalue weighted by molar-refractivity contribution is 6.04. The molecule has 7 heteroatoms. The van der Waals surface area contributed by atoms with Crippen LogP contribution in [0.5, 0.6) is 11.5 Å². The summed E-state index contributed by atoms with van der Waals surface area (Å²) in [6, 6.07) is 17.5. The van der Waals surface area contributed by atoms with Gasteiger partial charge in [0.2, 0.25) is 0 Å². The third-order valence-corrected chi connectivity index (χ3v) is 5.94. The van der Waals surface area contributed by atoms with E-state index < -0.39 is 5.91 Å². The van der Waals surface area contributed by atoms with Crippen LogP contribution in [0.3, 0.4) is 0 Å². The fraction of sp³-hybridized carbons (Fsp3) is 0.296. The SMILES string of the molecule is NC(=O)c1ccccc1OCc1cccc(C(=O)Nc2ncccc2OCC2CCCCC2)c1. The second-order valence-electron chi connectivity index (χ2n) is 8.47. The van der Waals surface area contributed by atoms with Gasteiger partial charge in [-0.05, 0) is 60.7 Å². The Hall–Kier alpha value is -3.87. The summed E-state index contributed by atoms with van der Waals surface area (Å²) in [7, 11) is 0. The van der Waals surface area contributed by atoms with E-state index in [9.17, 15) is 9.59 Å². The minimum atomic E-state index is -0.555. The standard InChI is InChI=1S/C27H29N3O4/c28-25(31)22-12-4-5-13-23(22)33-18-20-10-6-11-21(16-20)27(32)30-26-24(14-7-15-29-26)34-17-19-8-2-1-3-9-19/h4-7,10-16,19H,1-3,8-9,17-18H2,(H2,28,31)(H,29,30,32). The molecule has 3 aromatic rings. The number of hydrogen-bond acceptors (Lipinski definition) is 5. The molecule has 7 nitrogen and oxygen atoms in total. The van der Waals surface area contributed by atoms with E-state index in [1.807, 2.05) is 12.1 Å². The van der Waals surface area contributed by atoms with Crippen LogP contribution in [0.4, 0.5) is 5.82 Å². The number of aromatic nitrogens is 1. The molecule has 1 aliphatic rings. The zero-order chi connectivity index (χ0) is 23.8. The monoisotopic (exact) mass is 459 g/mol. The van der Waals surface area contributed by atoms with Crippen molar-refractivity contribution in [2.24, 2.45) is 11.7 Å². The van der Waals surface area contributed by atoms with E-state index in [0.717, 1.165) is 5.56 Å². The molecule has 1 aliphatic carbocycles. The molecule has 176 valence electrons. The molecule has 0 unspecified atom stereocenters. The quantitative estimate of drug-likeness (QED) is 0.470. The first-order valence-corrected chi connectivity index (χ1v) is 11.6. The second kappa shape index (κ2) is 11.3. The van der Waals surface area contributed by atoms with E-state index in [0.29, 0.717) is 41.0 Å². The highest BCUT2D eigenvalue weighted by atomic mass is 16.5. The number of nitrogens with two attached hydrogens (primary N) is 1. The van der Waals surface area contributed by atoms with Gasteiger partial charge in [-0.1, -0.05) is 43.5 Å². The van der Waals surface area contributed by atoms with Gasteiger partial charge < -0.3 is 20.5 Å². The maximum absolute atomic E-state index is 12.9. The number of pyridine rings is 1. The van der Waals surface area contributed by atoms with Gasteiger partial charge in [0.05, 0.1) is 12.2 Å². The molecule has 0 spiro atoms. The summed E-state index contributed by atoms with van der Waals surface area (Å²) in [6.45, 7) is 0.818. The Bertz CT molecular complexity index is 1140. The molecule has 2 amide bonds. The number of benzene rings is 2. The fourth-order valence-electron chi connectivity index (χ4n) is 4.10. The number of nitrogens with one attached hydrogen (secondary N) is 1. The smallest absolute Gasteiger partial charge is 0.256 e. The van der Waals surface area contributed by atoms with Crippen LogP contribution in [-0.4, -0.2) is 23.4 Å². The summed E-state index contributed by atoms with van der Waals surface area (Å²) in [4.78, 5) is 28.8. The van der Waals surface area contributed by atoms with Crippen LogP contribution in [0.25, 0.3) is 0 Å². The Kier molecular flexibility index (Phi) is 7.75. The molecular formula is C27H29N3O4. The molecule has 4 rings (SSSR count). The molecule has 0 atom stereocenters. The van der Waals surface area contributed by atoms with Gasteiger partial charge in [-0.2, -0.15) is 0 Å². The van der Waals surface area contributed by atoms with Crippen LogP contribution in [-0.2, 0) is 6.61 Å². The van der Waals surface area contributed by atoms with Crippen LogP contribution in [0.15, 0.2) is 66.9 Å². The summed E-state index contributed by atoms with van der Waals surface area (Å²) in [6.07, 6.45) is 7.79. The molecule has 1 aromatic heterocycles. The number of rotatable bonds is 9. The third kappa shape index (κ3) is 6.13. The highest BCUT2D eigenvalue weighted by Gasteiger charge is 2.17. The van der Waals surface area contributed by atoms with Crippen LogP contribution >= 0.6 is 0 Å².